The first-order valence-corrected chi connectivity index (χ1v) is 4.54. The maximum atomic E-state index is 11.3. The monoisotopic (exact) mass is 197 g/mol. The SMILES string of the molecule is CC(C)C(=O)Nc1cccc(Cl)c1. The maximum Gasteiger partial charge on any atom is 0.226 e. The fourth-order valence-electron chi connectivity index (χ4n) is 0.853. The second-order valence-electron chi connectivity index (χ2n) is 3.15. The number of rotatable bonds is 2. The molecule has 2 nitrogen and oxygen atoms in total. The molecule has 0 aromatic heterocycles. The zero-order valence-electron chi connectivity index (χ0n) is 7.67. The van der Waals surface area contributed by atoms with Gasteiger partial charge in [-0.15, -0.1) is 0 Å². The van der Waals surface area contributed by atoms with Crippen LogP contribution < -0.4 is 5.32 Å². The summed E-state index contributed by atoms with van der Waals surface area (Å²) in [5, 5.41) is 3.39. The molecule has 0 saturated carbocycles. The van der Waals surface area contributed by atoms with Crippen LogP contribution in [0.3, 0.4) is 0 Å². The van der Waals surface area contributed by atoms with E-state index in [4.69, 9.17) is 11.6 Å². The van der Waals surface area contributed by atoms with Crippen molar-refractivity contribution in [3.8, 4) is 0 Å². The topological polar surface area (TPSA) is 29.1 Å². The molecule has 0 radical (unpaired) electrons. The van der Waals surface area contributed by atoms with E-state index in [1.165, 1.54) is 0 Å². The lowest BCUT2D eigenvalue weighted by Gasteiger charge is -2.07. The molecular weight excluding hydrogens is 186 g/mol. The van der Waals surface area contributed by atoms with E-state index >= 15 is 0 Å². The number of hydrogen-bond donors (Lipinski definition) is 1. The minimum absolute atomic E-state index is 0.00210. The standard InChI is InChI=1S/C10H12ClNO/c1-7(2)10(13)12-9-5-3-4-8(11)6-9/h3-7H,1-2H3,(H,12,13). The Kier molecular flexibility index (Phi) is 3.32. The lowest BCUT2D eigenvalue weighted by atomic mass is 10.2. The Balaban J connectivity index is 2.69. The number of amides is 1. The van der Waals surface area contributed by atoms with Crippen LogP contribution in [0.25, 0.3) is 0 Å². The van der Waals surface area contributed by atoms with Crippen LogP contribution in [0.5, 0.6) is 0 Å². The Labute approximate surface area is 82.9 Å². The molecule has 1 aromatic carbocycles. The van der Waals surface area contributed by atoms with Gasteiger partial charge in [-0.25, -0.2) is 0 Å². The highest BCUT2D eigenvalue weighted by molar-refractivity contribution is 6.30. The molecule has 1 amide bonds. The maximum absolute atomic E-state index is 11.3. The zero-order valence-corrected chi connectivity index (χ0v) is 8.43. The van der Waals surface area contributed by atoms with Crippen LogP contribution in [-0.4, -0.2) is 5.91 Å². The number of benzene rings is 1. The third kappa shape index (κ3) is 3.07. The van der Waals surface area contributed by atoms with Gasteiger partial charge in [0.2, 0.25) is 5.91 Å². The van der Waals surface area contributed by atoms with Gasteiger partial charge in [0.15, 0.2) is 0 Å². The number of hydrogen-bond acceptors (Lipinski definition) is 1. The van der Waals surface area contributed by atoms with Crippen LogP contribution in [0.1, 0.15) is 13.8 Å². The fraction of sp³-hybridized carbons (Fsp3) is 0.300. The van der Waals surface area contributed by atoms with Crippen molar-refractivity contribution >= 4 is 23.2 Å². The van der Waals surface area contributed by atoms with Gasteiger partial charge in [0, 0.05) is 16.6 Å². The van der Waals surface area contributed by atoms with Gasteiger partial charge in [0.05, 0.1) is 0 Å². The quantitative estimate of drug-likeness (QED) is 0.776. The minimum Gasteiger partial charge on any atom is -0.326 e. The molecule has 0 atom stereocenters. The van der Waals surface area contributed by atoms with Gasteiger partial charge < -0.3 is 5.32 Å². The molecule has 1 aromatic rings. The van der Waals surface area contributed by atoms with Gasteiger partial charge in [-0.2, -0.15) is 0 Å². The van der Waals surface area contributed by atoms with E-state index in [0.29, 0.717) is 5.02 Å². The smallest absolute Gasteiger partial charge is 0.226 e. The van der Waals surface area contributed by atoms with Crippen LogP contribution in [0.15, 0.2) is 24.3 Å². The number of anilines is 1. The molecule has 0 bridgehead atoms. The second kappa shape index (κ2) is 4.28. The Morgan fingerprint density at radius 2 is 2.15 bits per heavy atom. The van der Waals surface area contributed by atoms with E-state index in [2.05, 4.69) is 5.32 Å². The second-order valence-corrected chi connectivity index (χ2v) is 3.59. The van der Waals surface area contributed by atoms with E-state index in [0.717, 1.165) is 5.69 Å². The number of halogens is 1. The van der Waals surface area contributed by atoms with Crippen LogP contribution in [0.4, 0.5) is 5.69 Å². The summed E-state index contributed by atoms with van der Waals surface area (Å²) >= 11 is 5.76. The molecule has 0 saturated heterocycles. The Morgan fingerprint density at radius 1 is 1.46 bits per heavy atom. The Hall–Kier alpha value is -1.02. The predicted octanol–water partition coefficient (Wildman–Crippen LogP) is 2.93. The van der Waals surface area contributed by atoms with Crippen molar-refractivity contribution in [1.82, 2.24) is 0 Å². The molecule has 0 aliphatic carbocycles. The van der Waals surface area contributed by atoms with Crippen LogP contribution in [0, 0.1) is 5.92 Å². The Morgan fingerprint density at radius 3 is 2.69 bits per heavy atom. The van der Waals surface area contributed by atoms with Crippen LogP contribution in [-0.2, 0) is 4.79 Å². The third-order valence-corrected chi connectivity index (χ3v) is 1.85. The summed E-state index contributed by atoms with van der Waals surface area (Å²) in [4.78, 5) is 11.3. The molecule has 3 heteroatoms. The molecule has 0 aliphatic rings. The van der Waals surface area contributed by atoms with E-state index in [9.17, 15) is 4.79 Å². The van der Waals surface area contributed by atoms with Crippen molar-refractivity contribution in [3.05, 3.63) is 29.3 Å². The summed E-state index contributed by atoms with van der Waals surface area (Å²) in [6.45, 7) is 3.69. The Bertz CT molecular complexity index is 310. The molecule has 0 spiro atoms. The first kappa shape index (κ1) is 10.1. The van der Waals surface area contributed by atoms with Crippen molar-refractivity contribution < 1.29 is 4.79 Å². The lowest BCUT2D eigenvalue weighted by Crippen LogP contribution is -2.17. The van der Waals surface area contributed by atoms with E-state index in [-0.39, 0.29) is 11.8 Å². The summed E-state index contributed by atoms with van der Waals surface area (Å²) in [5.41, 5.74) is 0.742. The average Bonchev–Trinajstić information content (AvgIpc) is 2.04. The minimum atomic E-state index is -0.0148. The van der Waals surface area contributed by atoms with Gasteiger partial charge in [-0.1, -0.05) is 31.5 Å². The zero-order chi connectivity index (χ0) is 9.84. The predicted molar refractivity (Wildman–Crippen MR) is 54.9 cm³/mol. The van der Waals surface area contributed by atoms with Crippen LogP contribution >= 0.6 is 11.6 Å². The van der Waals surface area contributed by atoms with Gasteiger partial charge in [-0.3, -0.25) is 4.79 Å². The molecule has 70 valence electrons. The molecule has 0 aliphatic heterocycles. The van der Waals surface area contributed by atoms with Crippen LogP contribution in [0.2, 0.25) is 5.02 Å². The lowest BCUT2D eigenvalue weighted by molar-refractivity contribution is -0.118. The van der Waals surface area contributed by atoms with Gasteiger partial charge in [-0.05, 0) is 18.2 Å². The largest absolute Gasteiger partial charge is 0.326 e. The van der Waals surface area contributed by atoms with E-state index in [1.54, 1.807) is 18.2 Å². The molecule has 0 heterocycles. The van der Waals surface area contributed by atoms with Gasteiger partial charge >= 0.3 is 0 Å². The summed E-state index contributed by atoms with van der Waals surface area (Å²) in [6.07, 6.45) is 0. The van der Waals surface area contributed by atoms with Gasteiger partial charge in [0.25, 0.3) is 0 Å². The number of carbonyl (C=O) groups is 1. The normalized spacial score (nSPS) is 10.2. The summed E-state index contributed by atoms with van der Waals surface area (Å²) in [5.74, 6) is -0.0127. The highest BCUT2D eigenvalue weighted by Gasteiger charge is 2.06. The van der Waals surface area contributed by atoms with Gasteiger partial charge in [0.1, 0.15) is 0 Å². The molecule has 13 heavy (non-hydrogen) atoms. The molecular formula is C10H12ClNO. The molecule has 0 fully saturated rings. The highest BCUT2D eigenvalue weighted by atomic mass is 35.5. The van der Waals surface area contributed by atoms with E-state index < -0.39 is 0 Å². The third-order valence-electron chi connectivity index (χ3n) is 1.62. The fourth-order valence-corrected chi connectivity index (χ4v) is 1.04. The van der Waals surface area contributed by atoms with Crippen molar-refractivity contribution in [2.24, 2.45) is 5.92 Å². The highest BCUT2D eigenvalue weighted by Crippen LogP contribution is 2.15. The molecule has 0 unspecified atom stereocenters. The van der Waals surface area contributed by atoms with Crippen molar-refractivity contribution in [2.75, 3.05) is 5.32 Å². The number of carbonyl (C=O) groups excluding carboxylic acids is 1. The summed E-state index contributed by atoms with van der Waals surface area (Å²) < 4.78 is 0. The summed E-state index contributed by atoms with van der Waals surface area (Å²) in [7, 11) is 0. The molecule has 1 rings (SSSR count). The number of nitrogens with one attached hydrogen (secondary N) is 1. The summed E-state index contributed by atoms with van der Waals surface area (Å²) in [6, 6.07) is 7.11. The first-order valence-electron chi connectivity index (χ1n) is 4.16. The van der Waals surface area contributed by atoms with Crippen molar-refractivity contribution in [3.63, 3.8) is 0 Å². The van der Waals surface area contributed by atoms with Crippen molar-refractivity contribution in [1.29, 1.82) is 0 Å². The van der Waals surface area contributed by atoms with Crippen molar-refractivity contribution in [2.45, 2.75) is 13.8 Å². The average molecular weight is 198 g/mol. The van der Waals surface area contributed by atoms with E-state index in [1.807, 2.05) is 19.9 Å². The first-order chi connectivity index (χ1) is 6.09. The molecule has 1 N–H and O–H groups in total.